The third-order valence-electron chi connectivity index (χ3n) is 15.0. The summed E-state index contributed by atoms with van der Waals surface area (Å²) in [6, 6.07) is 69.3. The minimum absolute atomic E-state index is 0.0322. The smallest absolute Gasteiger partial charge is 0.459 e. The molecule has 0 bridgehead atoms. The number of benzene rings is 8. The Morgan fingerprint density at radius 3 is 1.69 bits per heavy atom. The van der Waals surface area contributed by atoms with Crippen LogP contribution in [-0.2, 0) is 40.9 Å². The van der Waals surface area contributed by atoms with Crippen molar-refractivity contribution in [1.82, 2.24) is 24.6 Å². The Morgan fingerprint density at radius 1 is 0.702 bits per heavy atom. The number of aromatic nitrogens is 4. The second kappa shape index (κ2) is 24.6. The highest BCUT2D eigenvalue weighted by molar-refractivity contribution is 7.52. The predicted octanol–water partition coefficient (Wildman–Crippen LogP) is 12.5. The molecule has 0 saturated carbocycles. The van der Waals surface area contributed by atoms with Gasteiger partial charge >= 0.3 is 19.8 Å². The van der Waals surface area contributed by atoms with Gasteiger partial charge in [-0.05, 0) is 81.8 Å². The van der Waals surface area contributed by atoms with Crippen LogP contribution < -0.4 is 24.4 Å². The molecule has 15 nitrogen and oxygen atoms in total. The number of rotatable bonds is 23. The Kier molecular flexibility index (Phi) is 16.5. The van der Waals surface area contributed by atoms with Gasteiger partial charge in [0.05, 0.1) is 20.5 Å². The van der Waals surface area contributed by atoms with Crippen molar-refractivity contribution in [2.45, 2.75) is 48.0 Å². The second-order valence-electron chi connectivity index (χ2n) is 20.0. The third kappa shape index (κ3) is 11.4. The highest BCUT2D eigenvalue weighted by Gasteiger charge is 2.56. The van der Waals surface area contributed by atoms with Gasteiger partial charge in [-0.15, -0.1) is 6.42 Å². The highest BCUT2D eigenvalue weighted by Crippen LogP contribution is 2.52. The number of carboxylic acids is 1. The minimum Gasteiger partial charge on any atom is -0.497 e. The molecule has 10 aromatic rings. The molecule has 8 aromatic carbocycles. The standard InChI is InChI=1S/C67H58FN6O9P/c1-4-65(45-80-84(77,83-56-33-21-10-22-34-56)73-57(63(75)76)43-47-23-11-5-12-24-47)58(81-67(51-29-17-8-18-30-51,52-31-19-9-20-32-52)53-37-41-55(79-3)42-38-53)44-59(82-65)74-46-69-60-61(70-64(68)71-62(60)74)72-66(48-25-13-6-14-26-48,49-27-15-7-16-28-49)50-35-39-54(78-2)40-36-50/h1,5-42,46,57-59H,43-45H2,2-3H3,(H,73,77)(H,75,76)(H,70,71,72)/t57-,58-,59+,65+,84?/m0/s1. The van der Waals surface area contributed by atoms with Crippen molar-refractivity contribution in [3.63, 3.8) is 0 Å². The zero-order valence-corrected chi connectivity index (χ0v) is 46.7. The maximum Gasteiger partial charge on any atom is 0.459 e. The maximum atomic E-state index is 16.6. The number of carbonyl (C=O) groups is 1. The lowest BCUT2D eigenvalue weighted by Crippen LogP contribution is -2.49. The molecule has 1 unspecified atom stereocenters. The number of hydrogen-bond donors (Lipinski definition) is 3. The van der Waals surface area contributed by atoms with E-state index in [0.29, 0.717) is 33.8 Å². The van der Waals surface area contributed by atoms with Crippen molar-refractivity contribution in [2.75, 3.05) is 26.1 Å². The van der Waals surface area contributed by atoms with Gasteiger partial charge in [0.15, 0.2) is 22.6 Å². The van der Waals surface area contributed by atoms with Gasteiger partial charge < -0.3 is 33.9 Å². The number of anilines is 1. The van der Waals surface area contributed by atoms with Crippen LogP contribution in [0.3, 0.4) is 0 Å². The van der Waals surface area contributed by atoms with Crippen molar-refractivity contribution in [3.8, 4) is 29.6 Å². The number of halogens is 1. The number of ether oxygens (including phenoxy) is 4. The van der Waals surface area contributed by atoms with E-state index in [-0.39, 0.29) is 35.6 Å². The number of methoxy groups -OCH3 is 2. The lowest BCUT2D eigenvalue weighted by Gasteiger charge is -2.41. The van der Waals surface area contributed by atoms with Crippen LogP contribution in [0.15, 0.2) is 237 Å². The minimum atomic E-state index is -4.77. The Bertz CT molecular complexity index is 3850. The van der Waals surface area contributed by atoms with Crippen LogP contribution in [-0.4, -0.2) is 69.2 Å². The van der Waals surface area contributed by atoms with E-state index in [2.05, 4.69) is 26.3 Å². The molecule has 3 heterocycles. The van der Waals surface area contributed by atoms with Crippen LogP contribution >= 0.6 is 7.75 Å². The van der Waals surface area contributed by atoms with Gasteiger partial charge in [0.25, 0.3) is 0 Å². The van der Waals surface area contributed by atoms with Crippen LogP contribution in [0.4, 0.5) is 10.2 Å². The van der Waals surface area contributed by atoms with E-state index in [0.717, 1.165) is 16.7 Å². The lowest BCUT2D eigenvalue weighted by atomic mass is 9.77. The molecule has 1 fully saturated rings. The lowest BCUT2D eigenvalue weighted by molar-refractivity contribution is -0.139. The summed E-state index contributed by atoms with van der Waals surface area (Å²) in [5, 5.41) is 17.0. The monoisotopic (exact) mass is 1140 g/mol. The van der Waals surface area contributed by atoms with E-state index < -0.39 is 61.5 Å². The zero-order chi connectivity index (χ0) is 58.2. The summed E-state index contributed by atoms with van der Waals surface area (Å²) in [5.41, 5.74) is 0.672. The Morgan fingerprint density at radius 2 is 1.18 bits per heavy atom. The molecule has 2 aromatic heterocycles. The van der Waals surface area contributed by atoms with Gasteiger partial charge in [-0.25, -0.2) is 9.55 Å². The number of para-hydroxylation sites is 1. The van der Waals surface area contributed by atoms with Crippen molar-refractivity contribution in [2.24, 2.45) is 0 Å². The number of carboxylic acid groups (broad SMARTS) is 1. The van der Waals surface area contributed by atoms with E-state index in [4.69, 9.17) is 39.4 Å². The Balaban J connectivity index is 1.06. The molecule has 5 atom stereocenters. The first-order valence-corrected chi connectivity index (χ1v) is 28.6. The predicted molar refractivity (Wildman–Crippen MR) is 317 cm³/mol. The summed E-state index contributed by atoms with van der Waals surface area (Å²) >= 11 is 0. The van der Waals surface area contributed by atoms with Gasteiger partial charge in [0, 0.05) is 6.42 Å². The molecule has 0 amide bonds. The van der Waals surface area contributed by atoms with Crippen molar-refractivity contribution < 1.29 is 46.9 Å². The topological polar surface area (TPSA) is 177 Å². The Hall–Kier alpha value is -9.46. The summed E-state index contributed by atoms with van der Waals surface area (Å²) in [6.07, 6.45) is 4.64. The molecule has 0 radical (unpaired) electrons. The van der Waals surface area contributed by atoms with Gasteiger partial charge in [0.2, 0.25) is 0 Å². The number of imidazole rings is 1. The normalized spacial score (nSPS) is 17.1. The number of aliphatic carboxylic acids is 1. The van der Waals surface area contributed by atoms with Gasteiger partial charge in [0.1, 0.15) is 53.4 Å². The summed E-state index contributed by atoms with van der Waals surface area (Å²) in [5.74, 6) is 2.94. The molecule has 1 aliphatic heterocycles. The number of nitrogens with zero attached hydrogens (tertiary/aromatic N) is 4. The molecule has 17 heteroatoms. The van der Waals surface area contributed by atoms with E-state index in [1.54, 1.807) is 73.4 Å². The van der Waals surface area contributed by atoms with Crippen molar-refractivity contribution in [1.29, 1.82) is 0 Å². The summed E-state index contributed by atoms with van der Waals surface area (Å²) in [4.78, 5) is 26.7. The first-order chi connectivity index (χ1) is 41.0. The van der Waals surface area contributed by atoms with E-state index in [1.165, 1.54) is 6.33 Å². The molecular weight excluding hydrogens is 1080 g/mol. The molecule has 11 rings (SSSR count). The SMILES string of the molecule is C#C[C@]1(COP(=O)(N[C@@H](Cc2ccccc2)C(=O)O)Oc2ccccc2)O[C@@H](n2cnc3c(NC(c4ccccc4)(c4ccccc4)c4ccc(OC)cc4)nc(F)nc32)C[C@@H]1OC(c1ccccc1)(c1ccccc1)c1ccc(OC)cc1. The molecule has 84 heavy (non-hydrogen) atoms. The van der Waals surface area contributed by atoms with Crippen LogP contribution in [0.5, 0.6) is 17.2 Å². The number of terminal acetylenes is 1. The highest BCUT2D eigenvalue weighted by atomic mass is 31.2. The van der Waals surface area contributed by atoms with E-state index >= 15 is 8.96 Å². The first-order valence-electron chi connectivity index (χ1n) is 27.0. The number of fused-ring (bicyclic) bond motifs is 1. The quantitative estimate of drug-likeness (QED) is 0.0238. The van der Waals surface area contributed by atoms with Crippen LogP contribution in [0.25, 0.3) is 11.2 Å². The number of hydrogen-bond acceptors (Lipinski definition) is 12. The van der Waals surface area contributed by atoms with E-state index in [9.17, 15) is 9.90 Å². The van der Waals surface area contributed by atoms with Gasteiger partial charge in [-0.2, -0.15) is 19.4 Å². The molecule has 1 aliphatic rings. The van der Waals surface area contributed by atoms with E-state index in [1.807, 2.05) is 176 Å². The summed E-state index contributed by atoms with van der Waals surface area (Å²) in [7, 11) is -1.59. The molecular formula is C67H58FN6O9P. The fourth-order valence-corrected chi connectivity index (χ4v) is 12.4. The molecule has 1 saturated heterocycles. The fraction of sp³-hybridized carbons (Fsp3) is 0.164. The van der Waals surface area contributed by atoms with Crippen molar-refractivity contribution >= 4 is 30.7 Å². The van der Waals surface area contributed by atoms with Crippen LogP contribution in [0, 0.1) is 18.4 Å². The molecule has 0 spiro atoms. The first kappa shape index (κ1) is 56.4. The molecule has 3 N–H and O–H groups in total. The molecule has 0 aliphatic carbocycles. The van der Waals surface area contributed by atoms with Crippen LogP contribution in [0.1, 0.15) is 51.6 Å². The Labute approximate surface area is 485 Å². The number of nitrogens with one attached hydrogen (secondary N) is 2. The largest absolute Gasteiger partial charge is 0.497 e. The second-order valence-corrected chi connectivity index (χ2v) is 21.7. The van der Waals surface area contributed by atoms with Gasteiger partial charge in [-0.1, -0.05) is 200 Å². The molecule has 422 valence electrons. The van der Waals surface area contributed by atoms with Gasteiger partial charge in [-0.3, -0.25) is 13.9 Å². The summed E-state index contributed by atoms with van der Waals surface area (Å²) < 4.78 is 72.5. The van der Waals surface area contributed by atoms with Crippen molar-refractivity contribution in [3.05, 3.63) is 282 Å². The maximum absolute atomic E-state index is 16.6. The third-order valence-corrected chi connectivity index (χ3v) is 16.5. The van der Waals surface area contributed by atoms with Crippen LogP contribution in [0.2, 0.25) is 0 Å². The zero-order valence-electron chi connectivity index (χ0n) is 45.8. The fourth-order valence-electron chi connectivity index (χ4n) is 10.9. The summed E-state index contributed by atoms with van der Waals surface area (Å²) in [6.45, 7) is -0.705. The average Bonchev–Trinajstić information content (AvgIpc) is 3.07. The average molecular weight is 1140 g/mol.